The fourth-order valence-electron chi connectivity index (χ4n) is 6.05. The van der Waals surface area contributed by atoms with Gasteiger partial charge in [0.1, 0.15) is 17.7 Å². The van der Waals surface area contributed by atoms with Gasteiger partial charge in [0.25, 0.3) is 11.8 Å². The molecule has 0 radical (unpaired) electrons. The van der Waals surface area contributed by atoms with Crippen LogP contribution in [0.3, 0.4) is 0 Å². The summed E-state index contributed by atoms with van der Waals surface area (Å²) in [6, 6.07) is 7.05. The van der Waals surface area contributed by atoms with Gasteiger partial charge in [-0.05, 0) is 62.3 Å². The van der Waals surface area contributed by atoms with E-state index in [0.29, 0.717) is 23.2 Å². The number of piperidine rings is 2. The summed E-state index contributed by atoms with van der Waals surface area (Å²) < 4.78 is 37.0. The molecule has 3 aliphatic rings. The fraction of sp³-hybridized carbons (Fsp3) is 0.433. The second-order valence-electron chi connectivity index (χ2n) is 12.1. The molecule has 1 N–H and O–H groups in total. The van der Waals surface area contributed by atoms with E-state index in [4.69, 9.17) is 4.74 Å². The van der Waals surface area contributed by atoms with Crippen molar-refractivity contribution in [3.8, 4) is 0 Å². The summed E-state index contributed by atoms with van der Waals surface area (Å²) in [5.41, 5.74) is 1.89. The second kappa shape index (κ2) is 9.88. The summed E-state index contributed by atoms with van der Waals surface area (Å²) in [6.45, 7) is 4.44. The van der Waals surface area contributed by atoms with Gasteiger partial charge >= 0.3 is 6.09 Å². The van der Waals surface area contributed by atoms with Crippen LogP contribution in [0.15, 0.2) is 42.7 Å². The normalized spacial score (nSPS) is 22.1. The van der Waals surface area contributed by atoms with E-state index in [1.807, 2.05) is 12.1 Å². The monoisotopic (exact) mass is 579 g/mol. The Bertz CT molecular complexity index is 1630. The van der Waals surface area contributed by atoms with Crippen LogP contribution >= 0.6 is 0 Å². The Hall–Kier alpha value is -4.35. The van der Waals surface area contributed by atoms with Crippen LogP contribution < -0.4 is 10.2 Å². The smallest absolute Gasteiger partial charge is 0.410 e. The predicted octanol–water partition coefficient (Wildman–Crippen LogP) is 4.21. The van der Waals surface area contributed by atoms with Crippen molar-refractivity contribution < 1.29 is 32.7 Å². The summed E-state index contributed by atoms with van der Waals surface area (Å²) in [4.78, 5) is 52.5. The van der Waals surface area contributed by atoms with Crippen molar-refractivity contribution in [3.63, 3.8) is 0 Å². The summed E-state index contributed by atoms with van der Waals surface area (Å²) in [5, 5.41) is 8.11. The number of imide groups is 1. The number of benzene rings is 2. The van der Waals surface area contributed by atoms with Gasteiger partial charge in [0.05, 0.1) is 18.4 Å². The Kier molecular flexibility index (Phi) is 6.54. The first-order valence-corrected chi connectivity index (χ1v) is 13.9. The van der Waals surface area contributed by atoms with Crippen LogP contribution in [0.2, 0.25) is 0 Å². The molecule has 2 saturated heterocycles. The maximum atomic E-state index is 15.2. The highest BCUT2D eigenvalue weighted by Crippen LogP contribution is 2.42. The molecule has 2 fully saturated rings. The number of likely N-dealkylation sites (tertiary alicyclic amines) is 1. The lowest BCUT2D eigenvalue weighted by atomic mass is 9.97. The summed E-state index contributed by atoms with van der Waals surface area (Å²) in [7, 11) is 0. The third kappa shape index (κ3) is 4.88. The van der Waals surface area contributed by atoms with Crippen molar-refractivity contribution in [2.24, 2.45) is 0 Å². The first kappa shape index (κ1) is 27.8. The lowest BCUT2D eigenvalue weighted by Crippen LogP contribution is -2.53. The Morgan fingerprint density at radius 3 is 2.64 bits per heavy atom. The first-order valence-electron chi connectivity index (χ1n) is 13.9. The number of halogens is 2. The molecule has 1 unspecified atom stereocenters. The minimum Gasteiger partial charge on any atom is -0.444 e. The highest BCUT2D eigenvalue weighted by atomic mass is 19.3. The lowest BCUT2D eigenvalue weighted by molar-refractivity contribution is -0.134. The number of rotatable bonds is 4. The highest BCUT2D eigenvalue weighted by molar-refractivity contribution is 6.27. The number of hydrogen-bond acceptors (Lipinski definition) is 6. The zero-order chi connectivity index (χ0) is 30.0. The average molecular weight is 580 g/mol. The van der Waals surface area contributed by atoms with E-state index in [1.165, 1.54) is 9.58 Å². The number of carbonyl (C=O) groups is 4. The SMILES string of the molecule is CC(C)(C)OC(=O)N1CC[C@H](n2cc(Cc3ccc4c5c(cccc35)C(=O)N4C3CCC(=O)NC3=O)cn2)C(F)(F)C1. The molecule has 4 heterocycles. The first-order chi connectivity index (χ1) is 19.8. The number of hydrogen-bond donors (Lipinski definition) is 1. The number of ether oxygens (including phenoxy) is 1. The quantitative estimate of drug-likeness (QED) is 0.464. The number of alkyl halides is 2. The molecular weight excluding hydrogens is 548 g/mol. The minimum absolute atomic E-state index is 0.0205. The molecule has 3 aliphatic heterocycles. The zero-order valence-electron chi connectivity index (χ0n) is 23.5. The second-order valence-corrected chi connectivity index (χ2v) is 12.1. The van der Waals surface area contributed by atoms with Gasteiger partial charge in [-0.2, -0.15) is 5.10 Å². The van der Waals surface area contributed by atoms with Crippen LogP contribution in [0.25, 0.3) is 10.8 Å². The van der Waals surface area contributed by atoms with Gasteiger partial charge < -0.3 is 9.64 Å². The van der Waals surface area contributed by atoms with Gasteiger partial charge in [-0.1, -0.05) is 18.2 Å². The topological polar surface area (TPSA) is 114 Å². The number of aromatic nitrogens is 2. The van der Waals surface area contributed by atoms with Gasteiger partial charge in [0.2, 0.25) is 11.8 Å². The van der Waals surface area contributed by atoms with Crippen LogP contribution in [-0.4, -0.2) is 69.2 Å². The molecule has 1 aromatic heterocycles. The molecule has 0 saturated carbocycles. The largest absolute Gasteiger partial charge is 0.444 e. The van der Waals surface area contributed by atoms with Crippen LogP contribution in [0.1, 0.15) is 67.6 Å². The van der Waals surface area contributed by atoms with Gasteiger partial charge in [0, 0.05) is 36.5 Å². The van der Waals surface area contributed by atoms with E-state index in [0.717, 1.165) is 21.2 Å². The Morgan fingerprint density at radius 2 is 1.93 bits per heavy atom. The van der Waals surface area contributed by atoms with Gasteiger partial charge in [0.15, 0.2) is 0 Å². The van der Waals surface area contributed by atoms with E-state index < -0.39 is 42.2 Å². The standard InChI is InChI=1S/C30H31F2N5O5/c1-29(2,3)42-28(41)35-12-11-23(30(31,32)16-35)36-15-17(14-33-36)13-18-7-8-21-25-19(18)5-4-6-20(25)27(40)37(21)22-9-10-24(38)34-26(22)39/h4-8,14-15,22-23H,9-13,16H2,1-3H3,(H,34,38,39)/t22?,23-/m0/s1. The van der Waals surface area contributed by atoms with Crippen molar-refractivity contribution in [3.05, 3.63) is 59.4 Å². The molecule has 2 aromatic carbocycles. The molecule has 42 heavy (non-hydrogen) atoms. The molecule has 220 valence electrons. The summed E-state index contributed by atoms with van der Waals surface area (Å²) in [6.07, 6.45) is 3.20. The van der Waals surface area contributed by atoms with Crippen molar-refractivity contribution in [1.29, 1.82) is 0 Å². The number of nitrogens with zero attached hydrogens (tertiary/aromatic N) is 4. The van der Waals surface area contributed by atoms with Crippen LogP contribution in [-0.2, 0) is 20.7 Å². The highest BCUT2D eigenvalue weighted by Gasteiger charge is 2.48. The molecule has 0 aliphatic carbocycles. The molecule has 3 aromatic rings. The van der Waals surface area contributed by atoms with Crippen LogP contribution in [0.4, 0.5) is 19.3 Å². The van der Waals surface area contributed by atoms with E-state index >= 15 is 8.78 Å². The van der Waals surface area contributed by atoms with E-state index in [9.17, 15) is 19.2 Å². The molecular formula is C30H31F2N5O5. The summed E-state index contributed by atoms with van der Waals surface area (Å²) >= 11 is 0. The molecule has 2 atom stereocenters. The van der Waals surface area contributed by atoms with E-state index in [1.54, 1.807) is 51.4 Å². The molecule has 4 amide bonds. The minimum atomic E-state index is -3.21. The van der Waals surface area contributed by atoms with Crippen molar-refractivity contribution >= 4 is 40.3 Å². The zero-order valence-corrected chi connectivity index (χ0v) is 23.5. The lowest BCUT2D eigenvalue weighted by Gasteiger charge is -2.38. The van der Waals surface area contributed by atoms with Crippen molar-refractivity contribution in [1.82, 2.24) is 20.0 Å². The third-order valence-electron chi connectivity index (χ3n) is 7.92. The predicted molar refractivity (Wildman–Crippen MR) is 148 cm³/mol. The maximum Gasteiger partial charge on any atom is 0.410 e. The molecule has 0 bridgehead atoms. The van der Waals surface area contributed by atoms with E-state index in [2.05, 4.69) is 10.4 Å². The van der Waals surface area contributed by atoms with Crippen molar-refractivity contribution in [2.45, 2.75) is 70.1 Å². The number of anilines is 1. The van der Waals surface area contributed by atoms with Gasteiger partial charge in [-0.3, -0.25) is 29.3 Å². The number of nitrogens with one attached hydrogen (secondary N) is 1. The summed E-state index contributed by atoms with van der Waals surface area (Å²) in [5.74, 6) is -4.35. The molecule has 12 heteroatoms. The number of amides is 4. The van der Waals surface area contributed by atoms with Crippen LogP contribution in [0.5, 0.6) is 0 Å². The molecule has 0 spiro atoms. The average Bonchev–Trinajstić information content (AvgIpc) is 3.47. The Labute approximate surface area is 240 Å². The Balaban J connectivity index is 1.23. The third-order valence-corrected chi connectivity index (χ3v) is 7.92. The number of carbonyl (C=O) groups excluding carboxylic acids is 4. The van der Waals surface area contributed by atoms with Crippen molar-refractivity contribution in [2.75, 3.05) is 18.0 Å². The Morgan fingerprint density at radius 1 is 1.14 bits per heavy atom. The fourth-order valence-corrected chi connectivity index (χ4v) is 6.05. The molecule has 6 rings (SSSR count). The van der Waals surface area contributed by atoms with Crippen LogP contribution in [0, 0.1) is 0 Å². The van der Waals surface area contributed by atoms with Gasteiger partial charge in [-0.25, -0.2) is 13.6 Å². The maximum absolute atomic E-state index is 15.2. The van der Waals surface area contributed by atoms with E-state index in [-0.39, 0.29) is 37.6 Å². The molecule has 10 nitrogen and oxygen atoms in total. The van der Waals surface area contributed by atoms with Gasteiger partial charge in [-0.15, -0.1) is 0 Å².